The molecule has 0 amide bonds. The average molecular weight is 310 g/mol. The molecule has 1 atom stereocenters. The lowest BCUT2D eigenvalue weighted by Gasteiger charge is -2.17. The van der Waals surface area contributed by atoms with Gasteiger partial charge in [-0.05, 0) is 60.4 Å². The van der Waals surface area contributed by atoms with E-state index < -0.39 is 10.0 Å². The molecule has 0 aliphatic carbocycles. The Kier molecular flexibility index (Phi) is 4.17. The number of nitrogen functional groups attached to an aromatic ring is 1. The summed E-state index contributed by atoms with van der Waals surface area (Å²) in [6.07, 6.45) is 0. The van der Waals surface area contributed by atoms with Gasteiger partial charge in [-0.25, -0.2) is 13.1 Å². The highest BCUT2D eigenvalue weighted by Gasteiger charge is 2.23. The fraction of sp³-hybridized carbons (Fsp3) is 0.286. The summed E-state index contributed by atoms with van der Waals surface area (Å²) in [6, 6.07) is 5.10. The van der Waals surface area contributed by atoms with E-state index in [0.29, 0.717) is 16.8 Å². The first-order valence-corrected chi connectivity index (χ1v) is 8.65. The van der Waals surface area contributed by atoms with Gasteiger partial charge in [0.1, 0.15) is 0 Å². The number of nitrogens with two attached hydrogens (primary N) is 1. The SMILES string of the molecule is Cc1ccc(N)c(C)c1S(=O)(=O)NC(C)c1ccsc1. The van der Waals surface area contributed by atoms with Crippen molar-refractivity contribution in [3.8, 4) is 0 Å². The van der Waals surface area contributed by atoms with Crippen LogP contribution >= 0.6 is 11.3 Å². The van der Waals surface area contributed by atoms with Crippen LogP contribution in [0.2, 0.25) is 0 Å². The maximum atomic E-state index is 12.6. The minimum atomic E-state index is -3.59. The third-order valence-corrected chi connectivity index (χ3v) is 5.82. The minimum absolute atomic E-state index is 0.272. The summed E-state index contributed by atoms with van der Waals surface area (Å²) in [5, 5.41) is 3.86. The maximum absolute atomic E-state index is 12.6. The summed E-state index contributed by atoms with van der Waals surface area (Å²) >= 11 is 1.54. The number of sulfonamides is 1. The van der Waals surface area contributed by atoms with Gasteiger partial charge in [-0.15, -0.1) is 0 Å². The molecule has 0 radical (unpaired) electrons. The summed E-state index contributed by atoms with van der Waals surface area (Å²) in [7, 11) is -3.59. The Morgan fingerprint density at radius 1 is 1.25 bits per heavy atom. The van der Waals surface area contributed by atoms with Crippen molar-refractivity contribution in [1.29, 1.82) is 0 Å². The minimum Gasteiger partial charge on any atom is -0.398 e. The standard InChI is InChI=1S/C14H18N2O2S2/c1-9-4-5-13(15)10(2)14(9)20(17,18)16-11(3)12-6-7-19-8-12/h4-8,11,16H,15H2,1-3H3. The molecule has 4 nitrogen and oxygen atoms in total. The number of thiophene rings is 1. The van der Waals surface area contributed by atoms with E-state index in [0.717, 1.165) is 5.56 Å². The van der Waals surface area contributed by atoms with Crippen molar-refractivity contribution in [3.05, 3.63) is 45.6 Å². The van der Waals surface area contributed by atoms with E-state index in [1.807, 2.05) is 23.8 Å². The molecule has 0 bridgehead atoms. The molecule has 2 aromatic rings. The summed E-state index contributed by atoms with van der Waals surface area (Å²) in [5.74, 6) is 0. The second-order valence-electron chi connectivity index (χ2n) is 4.83. The number of rotatable bonds is 4. The lowest BCUT2D eigenvalue weighted by Crippen LogP contribution is -2.28. The molecule has 20 heavy (non-hydrogen) atoms. The molecule has 0 aliphatic rings. The number of aryl methyl sites for hydroxylation is 1. The lowest BCUT2D eigenvalue weighted by atomic mass is 10.1. The van der Waals surface area contributed by atoms with Crippen LogP contribution in [0.3, 0.4) is 0 Å². The Morgan fingerprint density at radius 3 is 2.55 bits per heavy atom. The van der Waals surface area contributed by atoms with Crippen LogP contribution in [-0.4, -0.2) is 8.42 Å². The second kappa shape index (κ2) is 5.55. The molecule has 2 rings (SSSR count). The average Bonchev–Trinajstić information content (AvgIpc) is 2.87. The summed E-state index contributed by atoms with van der Waals surface area (Å²) in [4.78, 5) is 0.277. The Balaban J connectivity index is 2.39. The fourth-order valence-corrected chi connectivity index (χ4v) is 4.62. The van der Waals surface area contributed by atoms with Gasteiger partial charge in [0, 0.05) is 11.7 Å². The van der Waals surface area contributed by atoms with Crippen LogP contribution in [0.25, 0.3) is 0 Å². The molecule has 0 saturated carbocycles. The Hall–Kier alpha value is -1.37. The van der Waals surface area contributed by atoms with E-state index in [1.54, 1.807) is 37.3 Å². The van der Waals surface area contributed by atoms with Gasteiger partial charge in [-0.3, -0.25) is 0 Å². The molecule has 0 aliphatic heterocycles. The third kappa shape index (κ3) is 2.87. The van der Waals surface area contributed by atoms with Crippen LogP contribution in [0, 0.1) is 13.8 Å². The van der Waals surface area contributed by atoms with Crippen molar-refractivity contribution >= 4 is 27.0 Å². The first kappa shape index (κ1) is 15.0. The summed E-state index contributed by atoms with van der Waals surface area (Å²) in [5.41, 5.74) is 8.55. The summed E-state index contributed by atoms with van der Waals surface area (Å²) in [6.45, 7) is 5.33. The van der Waals surface area contributed by atoms with E-state index in [1.165, 1.54) is 0 Å². The first-order chi connectivity index (χ1) is 9.33. The van der Waals surface area contributed by atoms with Crippen LogP contribution in [0.4, 0.5) is 5.69 Å². The normalized spacial score (nSPS) is 13.3. The van der Waals surface area contributed by atoms with Crippen LogP contribution in [0.1, 0.15) is 29.7 Å². The smallest absolute Gasteiger partial charge is 0.241 e. The molecule has 108 valence electrons. The lowest BCUT2D eigenvalue weighted by molar-refractivity contribution is 0.566. The topological polar surface area (TPSA) is 72.2 Å². The predicted octanol–water partition coefficient (Wildman–Crippen LogP) is 2.99. The van der Waals surface area contributed by atoms with Crippen LogP contribution in [-0.2, 0) is 10.0 Å². The Morgan fingerprint density at radius 2 is 1.95 bits per heavy atom. The molecular formula is C14H18N2O2S2. The van der Waals surface area contributed by atoms with Crippen LogP contribution < -0.4 is 10.5 Å². The van der Waals surface area contributed by atoms with Crippen LogP contribution in [0.5, 0.6) is 0 Å². The largest absolute Gasteiger partial charge is 0.398 e. The van der Waals surface area contributed by atoms with Gasteiger partial charge in [-0.2, -0.15) is 11.3 Å². The molecule has 3 N–H and O–H groups in total. The molecule has 0 fully saturated rings. The van der Waals surface area contributed by atoms with E-state index in [4.69, 9.17) is 5.73 Å². The maximum Gasteiger partial charge on any atom is 0.241 e. The third-order valence-electron chi connectivity index (χ3n) is 3.29. The van der Waals surface area contributed by atoms with E-state index in [2.05, 4.69) is 4.72 Å². The molecule has 1 aromatic heterocycles. The molecule has 1 heterocycles. The first-order valence-electron chi connectivity index (χ1n) is 6.23. The highest BCUT2D eigenvalue weighted by molar-refractivity contribution is 7.89. The van der Waals surface area contributed by atoms with Crippen molar-refractivity contribution in [2.45, 2.75) is 31.7 Å². The zero-order valence-electron chi connectivity index (χ0n) is 11.7. The van der Waals surface area contributed by atoms with Gasteiger partial charge in [0.15, 0.2) is 0 Å². The Bertz CT molecular complexity index is 707. The van der Waals surface area contributed by atoms with Crippen molar-refractivity contribution < 1.29 is 8.42 Å². The van der Waals surface area contributed by atoms with Gasteiger partial charge in [-0.1, -0.05) is 6.07 Å². The fourth-order valence-electron chi connectivity index (χ4n) is 2.14. The van der Waals surface area contributed by atoms with Crippen molar-refractivity contribution in [2.24, 2.45) is 0 Å². The highest BCUT2D eigenvalue weighted by atomic mass is 32.2. The number of nitrogens with one attached hydrogen (secondary N) is 1. The molecule has 1 aromatic carbocycles. The van der Waals surface area contributed by atoms with Gasteiger partial charge in [0.25, 0.3) is 0 Å². The molecule has 0 spiro atoms. The van der Waals surface area contributed by atoms with Gasteiger partial charge in [0.2, 0.25) is 10.0 Å². The van der Waals surface area contributed by atoms with Crippen molar-refractivity contribution in [2.75, 3.05) is 5.73 Å². The van der Waals surface area contributed by atoms with Gasteiger partial charge in [0.05, 0.1) is 4.90 Å². The van der Waals surface area contributed by atoms with Crippen LogP contribution in [0.15, 0.2) is 33.9 Å². The number of hydrogen-bond acceptors (Lipinski definition) is 4. The van der Waals surface area contributed by atoms with E-state index >= 15 is 0 Å². The number of anilines is 1. The molecule has 6 heteroatoms. The monoisotopic (exact) mass is 310 g/mol. The summed E-state index contributed by atoms with van der Waals surface area (Å²) < 4.78 is 27.8. The highest BCUT2D eigenvalue weighted by Crippen LogP contribution is 2.26. The van der Waals surface area contributed by atoms with Gasteiger partial charge >= 0.3 is 0 Å². The number of hydrogen-bond donors (Lipinski definition) is 2. The quantitative estimate of drug-likeness (QED) is 0.853. The predicted molar refractivity (Wildman–Crippen MR) is 83.4 cm³/mol. The van der Waals surface area contributed by atoms with E-state index in [9.17, 15) is 8.42 Å². The molecule has 1 unspecified atom stereocenters. The van der Waals surface area contributed by atoms with Gasteiger partial charge < -0.3 is 5.73 Å². The molecular weight excluding hydrogens is 292 g/mol. The number of benzene rings is 1. The van der Waals surface area contributed by atoms with E-state index in [-0.39, 0.29) is 10.9 Å². The van der Waals surface area contributed by atoms with Crippen molar-refractivity contribution in [1.82, 2.24) is 4.72 Å². The zero-order chi connectivity index (χ0) is 14.9. The van der Waals surface area contributed by atoms with Crippen molar-refractivity contribution in [3.63, 3.8) is 0 Å². The Labute approximate surface area is 123 Å². The zero-order valence-corrected chi connectivity index (χ0v) is 13.3. The second-order valence-corrected chi connectivity index (χ2v) is 7.26. The molecule has 0 saturated heterocycles.